The number of nitro benzene ring substituents is 1. The highest BCUT2D eigenvalue weighted by molar-refractivity contribution is 5.98. The van der Waals surface area contributed by atoms with Gasteiger partial charge in [-0.05, 0) is 23.6 Å². The Morgan fingerprint density at radius 1 is 1.15 bits per heavy atom. The highest BCUT2D eigenvalue weighted by atomic mass is 16.6. The molecule has 0 aliphatic carbocycles. The van der Waals surface area contributed by atoms with E-state index in [1.807, 2.05) is 11.5 Å². The minimum Gasteiger partial charge on any atom is -0.326 e. The predicted octanol–water partition coefficient (Wildman–Crippen LogP) is 2.22. The van der Waals surface area contributed by atoms with Crippen LogP contribution in [0.15, 0.2) is 53.6 Å². The third kappa shape index (κ3) is 7.43. The Bertz CT molecular complexity index is 1130. The highest BCUT2D eigenvalue weighted by Gasteiger charge is 2.20. The van der Waals surface area contributed by atoms with Gasteiger partial charge < -0.3 is 5.32 Å². The first-order valence-electron chi connectivity index (χ1n) is 9.60. The van der Waals surface area contributed by atoms with Crippen LogP contribution in [0.25, 0.3) is 0 Å². The lowest BCUT2D eigenvalue weighted by molar-refractivity contribution is -0.384. The number of hydrazone groups is 1. The summed E-state index contributed by atoms with van der Waals surface area (Å²) in [6.45, 7) is 0. The third-order valence-corrected chi connectivity index (χ3v) is 4.44. The molecule has 0 spiro atoms. The lowest BCUT2D eigenvalue weighted by Gasteiger charge is -2.14. The molecule has 0 saturated heterocycles. The Morgan fingerprint density at radius 3 is 2.48 bits per heavy atom. The van der Waals surface area contributed by atoms with E-state index in [9.17, 15) is 25.0 Å². The number of nitro groups is 1. The molecule has 1 unspecified atom stereocenters. The summed E-state index contributed by atoms with van der Waals surface area (Å²) in [7, 11) is 0. The second kappa shape index (κ2) is 12.1. The van der Waals surface area contributed by atoms with Gasteiger partial charge in [0.05, 0.1) is 29.2 Å². The van der Waals surface area contributed by atoms with Gasteiger partial charge in [-0.25, -0.2) is 16.1 Å². The van der Waals surface area contributed by atoms with Crippen LogP contribution >= 0.6 is 0 Å². The minimum atomic E-state index is -0.884. The van der Waals surface area contributed by atoms with Crippen LogP contribution in [0.2, 0.25) is 0 Å². The lowest BCUT2D eigenvalue weighted by Crippen LogP contribution is -2.38. The largest absolute Gasteiger partial charge is 0.349 e. The molecule has 12 heteroatoms. The van der Waals surface area contributed by atoms with Gasteiger partial charge in [-0.2, -0.15) is 15.6 Å². The van der Waals surface area contributed by atoms with Crippen LogP contribution in [0.3, 0.4) is 0 Å². The number of urea groups is 1. The van der Waals surface area contributed by atoms with Crippen molar-refractivity contribution >= 4 is 29.0 Å². The van der Waals surface area contributed by atoms with Crippen molar-refractivity contribution in [1.29, 1.82) is 10.5 Å². The Morgan fingerprint density at radius 2 is 1.88 bits per heavy atom. The molecule has 5 N–H and O–H groups in total. The predicted molar refractivity (Wildman–Crippen MR) is 118 cm³/mol. The van der Waals surface area contributed by atoms with Crippen molar-refractivity contribution in [2.24, 2.45) is 10.9 Å². The zero-order valence-corrected chi connectivity index (χ0v) is 17.3. The van der Waals surface area contributed by atoms with Crippen molar-refractivity contribution in [3.8, 4) is 12.1 Å². The number of carbonyl (C=O) groups is 2. The number of nitriles is 2. The summed E-state index contributed by atoms with van der Waals surface area (Å²) in [6.07, 6.45) is 0.108. The molecule has 0 aliphatic rings. The number of hydrazine groups is 1. The SMILES string of the molecule is N#CCc1ccc(C(C#N)C(CCC(=O)Nc2cccc([N+](=O)[O-])c2)=NNC(=O)NN)cc1. The highest BCUT2D eigenvalue weighted by Crippen LogP contribution is 2.21. The molecule has 0 fully saturated rings. The molecule has 1 atom stereocenters. The van der Waals surface area contributed by atoms with Gasteiger partial charge >= 0.3 is 6.03 Å². The molecule has 0 aromatic heterocycles. The van der Waals surface area contributed by atoms with Crippen molar-refractivity contribution in [2.75, 3.05) is 5.32 Å². The van der Waals surface area contributed by atoms with Crippen LogP contribution in [0.1, 0.15) is 29.9 Å². The molecule has 0 bridgehead atoms. The second-order valence-corrected chi connectivity index (χ2v) is 6.68. The van der Waals surface area contributed by atoms with Crippen molar-refractivity contribution in [2.45, 2.75) is 25.2 Å². The van der Waals surface area contributed by atoms with Crippen molar-refractivity contribution in [1.82, 2.24) is 10.9 Å². The Hall–Kier alpha value is -4.81. The normalized spacial score (nSPS) is 11.4. The fourth-order valence-electron chi connectivity index (χ4n) is 2.84. The van der Waals surface area contributed by atoms with Crippen LogP contribution in [-0.2, 0) is 11.2 Å². The summed E-state index contributed by atoms with van der Waals surface area (Å²) >= 11 is 0. The van der Waals surface area contributed by atoms with Gasteiger partial charge in [-0.3, -0.25) is 20.3 Å². The molecule has 2 aromatic rings. The van der Waals surface area contributed by atoms with Crippen LogP contribution in [0.5, 0.6) is 0 Å². The first-order valence-corrected chi connectivity index (χ1v) is 9.60. The van der Waals surface area contributed by atoms with E-state index in [4.69, 9.17) is 11.1 Å². The maximum Gasteiger partial charge on any atom is 0.349 e. The Labute approximate surface area is 188 Å². The minimum absolute atomic E-state index is 0.00376. The molecule has 0 heterocycles. The molecule has 0 aliphatic heterocycles. The molecule has 33 heavy (non-hydrogen) atoms. The first kappa shape index (κ1) is 24.5. The summed E-state index contributed by atoms with van der Waals surface area (Å²) in [5.74, 6) is 3.68. The van der Waals surface area contributed by atoms with Crippen LogP contribution in [0.4, 0.5) is 16.2 Å². The zero-order valence-electron chi connectivity index (χ0n) is 17.3. The average molecular weight is 448 g/mol. The van der Waals surface area contributed by atoms with E-state index in [1.54, 1.807) is 24.3 Å². The van der Waals surface area contributed by atoms with E-state index in [-0.39, 0.29) is 36.3 Å². The van der Waals surface area contributed by atoms with Crippen molar-refractivity contribution in [3.05, 3.63) is 69.8 Å². The fourth-order valence-corrected chi connectivity index (χ4v) is 2.84. The van der Waals surface area contributed by atoms with Gasteiger partial charge in [-0.15, -0.1) is 0 Å². The van der Waals surface area contributed by atoms with Crippen LogP contribution < -0.4 is 22.0 Å². The van der Waals surface area contributed by atoms with Crippen molar-refractivity contribution < 1.29 is 14.5 Å². The number of benzene rings is 2. The number of nitrogens with one attached hydrogen (secondary N) is 3. The van der Waals surface area contributed by atoms with Crippen molar-refractivity contribution in [3.63, 3.8) is 0 Å². The molecular formula is C21H20N8O4. The Kier molecular flexibility index (Phi) is 9.00. The van der Waals surface area contributed by atoms with Gasteiger partial charge in [-0.1, -0.05) is 30.3 Å². The van der Waals surface area contributed by atoms with E-state index in [0.29, 0.717) is 5.56 Å². The summed E-state index contributed by atoms with van der Waals surface area (Å²) in [5, 5.41) is 35.9. The standard InChI is InChI=1S/C21H20N8O4/c22-11-10-14-4-6-15(7-5-14)18(13-23)19(27-28-21(31)26-24)8-9-20(30)25-16-2-1-3-17(12-16)29(32)33/h1-7,12,18H,8-10,24H2,(H,25,30)(H2,26,28,31). The molecule has 3 amide bonds. The van der Waals surface area contributed by atoms with E-state index in [0.717, 1.165) is 5.56 Å². The van der Waals surface area contributed by atoms with E-state index in [2.05, 4.69) is 21.9 Å². The summed E-state index contributed by atoms with van der Waals surface area (Å²) in [6, 6.07) is 15.5. The quantitative estimate of drug-likeness (QED) is 0.148. The first-order chi connectivity index (χ1) is 15.9. The smallest absolute Gasteiger partial charge is 0.326 e. The number of non-ortho nitro benzene ring substituents is 1. The van der Waals surface area contributed by atoms with E-state index in [1.165, 1.54) is 24.3 Å². The number of anilines is 1. The molecule has 2 aromatic carbocycles. The number of nitrogens with zero attached hydrogens (tertiary/aromatic N) is 4. The molecule has 0 saturated carbocycles. The summed E-state index contributed by atoms with van der Waals surface area (Å²) in [5.41, 5.74) is 5.61. The maximum atomic E-state index is 12.4. The van der Waals surface area contributed by atoms with Crippen LogP contribution in [-0.4, -0.2) is 22.6 Å². The second-order valence-electron chi connectivity index (χ2n) is 6.68. The lowest BCUT2D eigenvalue weighted by atomic mass is 9.92. The van der Waals surface area contributed by atoms with Gasteiger partial charge in [0.2, 0.25) is 5.91 Å². The third-order valence-electron chi connectivity index (χ3n) is 4.44. The van der Waals surface area contributed by atoms with Crippen LogP contribution in [0, 0.1) is 32.8 Å². The number of rotatable bonds is 9. The molecule has 12 nitrogen and oxygen atoms in total. The average Bonchev–Trinajstić information content (AvgIpc) is 2.81. The van der Waals surface area contributed by atoms with Gasteiger partial charge in [0, 0.05) is 24.2 Å². The fraction of sp³-hybridized carbons (Fsp3) is 0.190. The number of nitrogens with two attached hydrogens (primary N) is 1. The maximum absolute atomic E-state index is 12.4. The molecule has 168 valence electrons. The summed E-state index contributed by atoms with van der Waals surface area (Å²) in [4.78, 5) is 34.1. The topological polar surface area (TPSA) is 199 Å². The van der Waals surface area contributed by atoms with E-state index < -0.39 is 22.8 Å². The molecule has 2 rings (SSSR count). The number of carbonyl (C=O) groups excluding carboxylic acids is 2. The Balaban J connectivity index is 2.17. The molecular weight excluding hydrogens is 428 g/mol. The van der Waals surface area contributed by atoms with E-state index >= 15 is 0 Å². The monoisotopic (exact) mass is 448 g/mol. The van der Waals surface area contributed by atoms with Gasteiger partial charge in [0.25, 0.3) is 5.69 Å². The molecule has 0 radical (unpaired) electrons. The number of amides is 3. The number of hydrogen-bond donors (Lipinski definition) is 4. The number of hydrogen-bond acceptors (Lipinski definition) is 8. The van der Waals surface area contributed by atoms with Gasteiger partial charge in [0.1, 0.15) is 5.92 Å². The summed E-state index contributed by atoms with van der Waals surface area (Å²) < 4.78 is 0. The zero-order chi connectivity index (χ0) is 24.2. The van der Waals surface area contributed by atoms with Gasteiger partial charge in [0.15, 0.2) is 0 Å².